The summed E-state index contributed by atoms with van der Waals surface area (Å²) in [4.78, 5) is 0. The fourth-order valence-corrected chi connectivity index (χ4v) is 3.36. The van der Waals surface area contributed by atoms with Crippen LogP contribution in [0.1, 0.15) is 5.56 Å². The van der Waals surface area contributed by atoms with E-state index in [0.29, 0.717) is 6.54 Å². The highest BCUT2D eigenvalue weighted by atomic mass is 79.9. The van der Waals surface area contributed by atoms with E-state index < -0.39 is 0 Å². The molecule has 23 heavy (non-hydrogen) atoms. The number of aryl methyl sites for hydroxylation is 1. The molecule has 7 heteroatoms. The first-order valence-corrected chi connectivity index (χ1v) is 7.95. The molecule has 3 rings (SSSR count). The number of pyridine rings is 1. The molecule has 3 aromatic rings. The van der Waals surface area contributed by atoms with Gasteiger partial charge in [0.1, 0.15) is 6.34 Å². The maximum absolute atomic E-state index is 5.01. The number of imidazole rings is 1. The lowest BCUT2D eigenvalue weighted by Gasteiger charge is -2.05. The number of hydrogen-bond acceptors (Lipinski definition) is 3. The summed E-state index contributed by atoms with van der Waals surface area (Å²) in [7, 11) is 2.07. The van der Waals surface area contributed by atoms with Crippen LogP contribution in [0, 0.1) is 0 Å². The average Bonchev–Trinajstić information content (AvgIpc) is 2.84. The fraction of sp³-hybridized carbons (Fsp3) is 0.125. The van der Waals surface area contributed by atoms with Gasteiger partial charge in [-0.05, 0) is 11.6 Å². The molecule has 0 aliphatic heterocycles. The van der Waals surface area contributed by atoms with Crippen molar-refractivity contribution in [2.45, 2.75) is 6.54 Å². The molecule has 0 atom stereocenters. The van der Waals surface area contributed by atoms with Crippen molar-refractivity contribution in [2.75, 3.05) is 0 Å². The van der Waals surface area contributed by atoms with Crippen LogP contribution >= 0.6 is 15.9 Å². The van der Waals surface area contributed by atoms with Gasteiger partial charge in [0.05, 0.1) is 13.2 Å². The molecule has 0 aliphatic carbocycles. The Morgan fingerprint density at radius 1 is 1.26 bits per heavy atom. The highest BCUT2D eigenvalue weighted by Gasteiger charge is 2.22. The van der Waals surface area contributed by atoms with Crippen molar-refractivity contribution in [2.24, 2.45) is 18.0 Å². The van der Waals surface area contributed by atoms with E-state index >= 15 is 0 Å². The highest BCUT2D eigenvalue weighted by Crippen LogP contribution is 2.27. The zero-order chi connectivity index (χ0) is 16.2. The lowest BCUT2D eigenvalue weighted by Crippen LogP contribution is -2.30. The Kier molecular flexibility index (Phi) is 4.59. The van der Waals surface area contributed by atoms with E-state index in [2.05, 4.69) is 78.2 Å². The summed E-state index contributed by atoms with van der Waals surface area (Å²) in [6.45, 7) is 0.678. The lowest BCUT2D eigenvalue weighted by molar-refractivity contribution is -0.633. The third-order valence-corrected chi connectivity index (χ3v) is 4.44. The second-order valence-electron chi connectivity index (χ2n) is 5.10. The summed E-state index contributed by atoms with van der Waals surface area (Å²) in [5.41, 5.74) is 10.4. The first-order chi connectivity index (χ1) is 11.2. The number of fused-ring (bicyclic) bond motifs is 1. The van der Waals surface area contributed by atoms with E-state index in [1.165, 1.54) is 6.34 Å². The zero-order valence-electron chi connectivity index (χ0n) is 12.7. The molecular formula is C16H18BrN6+. The maximum Gasteiger partial charge on any atom is 0.287 e. The van der Waals surface area contributed by atoms with Crippen molar-refractivity contribution in [1.29, 1.82) is 0 Å². The van der Waals surface area contributed by atoms with Crippen molar-refractivity contribution in [1.82, 2.24) is 15.3 Å². The topological polar surface area (TPSA) is 70.7 Å². The number of benzene rings is 1. The van der Waals surface area contributed by atoms with Gasteiger partial charge in [0.25, 0.3) is 5.65 Å². The van der Waals surface area contributed by atoms with E-state index in [0.717, 1.165) is 27.1 Å². The van der Waals surface area contributed by atoms with Gasteiger partial charge in [0.15, 0.2) is 5.69 Å². The van der Waals surface area contributed by atoms with Crippen LogP contribution in [0.5, 0.6) is 0 Å². The Hall–Kier alpha value is -2.38. The van der Waals surface area contributed by atoms with Gasteiger partial charge in [-0.2, -0.15) is 9.50 Å². The molecular weight excluding hydrogens is 356 g/mol. The number of nitrogens with zero attached hydrogens (tertiary/aromatic N) is 3. The molecule has 0 unspecified atom stereocenters. The van der Waals surface area contributed by atoms with Crippen LogP contribution in [0.4, 0.5) is 0 Å². The van der Waals surface area contributed by atoms with Crippen LogP contribution in [-0.2, 0) is 13.6 Å². The molecule has 0 saturated carbocycles. The molecule has 4 N–H and O–H groups in total. The van der Waals surface area contributed by atoms with Crippen molar-refractivity contribution in [3.63, 3.8) is 0 Å². The molecule has 0 spiro atoms. The number of aromatic nitrogens is 2. The fourth-order valence-electron chi connectivity index (χ4n) is 2.57. The minimum atomic E-state index is 0.678. The van der Waals surface area contributed by atoms with Crippen molar-refractivity contribution in [3.8, 4) is 11.3 Å². The molecule has 1 aromatic carbocycles. The molecule has 0 saturated heterocycles. The quantitative estimate of drug-likeness (QED) is 0.159. The summed E-state index contributed by atoms with van der Waals surface area (Å²) in [5.74, 6) is 5.01. The number of halogens is 1. The number of nitrogens with one attached hydrogen (secondary N) is 2. The molecule has 118 valence electrons. The van der Waals surface area contributed by atoms with Gasteiger partial charge in [-0.25, -0.2) is 9.99 Å². The van der Waals surface area contributed by atoms with E-state index in [1.807, 2.05) is 18.3 Å². The third kappa shape index (κ3) is 3.06. The van der Waals surface area contributed by atoms with E-state index in [-0.39, 0.29) is 0 Å². The molecule has 6 nitrogen and oxygen atoms in total. The summed E-state index contributed by atoms with van der Waals surface area (Å²) in [6, 6.07) is 14.6. The van der Waals surface area contributed by atoms with Crippen LogP contribution in [0.25, 0.3) is 16.9 Å². The standard InChI is InChI=1S/C16H18BrN6/c1-22-14-4-2-3-9-23(14)16(17)15(22)13-7-5-12(6-8-13)10-20-21-11-19-18/h2-9,11,20H,10,18H2,1H3,(H,19,21)/q+1. The van der Waals surface area contributed by atoms with Gasteiger partial charge in [-0.1, -0.05) is 30.3 Å². The number of hydrazone groups is 1. The van der Waals surface area contributed by atoms with Crippen LogP contribution in [0.2, 0.25) is 0 Å². The lowest BCUT2D eigenvalue weighted by atomic mass is 10.1. The maximum atomic E-state index is 5.01. The number of nitrogens with two attached hydrogens (primary N) is 1. The number of hydrazine groups is 1. The number of hydrogen-bond donors (Lipinski definition) is 3. The molecule has 2 heterocycles. The number of rotatable bonds is 5. The Morgan fingerprint density at radius 3 is 2.74 bits per heavy atom. The molecule has 2 aromatic heterocycles. The predicted octanol–water partition coefficient (Wildman–Crippen LogP) is 1.69. The Labute approximate surface area is 142 Å². The third-order valence-electron chi connectivity index (χ3n) is 3.69. The van der Waals surface area contributed by atoms with Crippen LogP contribution in [0.3, 0.4) is 0 Å². The van der Waals surface area contributed by atoms with Gasteiger partial charge >= 0.3 is 0 Å². The van der Waals surface area contributed by atoms with E-state index in [9.17, 15) is 0 Å². The van der Waals surface area contributed by atoms with Crippen molar-refractivity contribution >= 4 is 27.9 Å². The summed E-state index contributed by atoms with van der Waals surface area (Å²) >= 11 is 3.71. The molecule has 0 aliphatic rings. The smallest absolute Gasteiger partial charge is 0.287 e. The van der Waals surface area contributed by atoms with Crippen molar-refractivity contribution < 1.29 is 4.57 Å². The van der Waals surface area contributed by atoms with Crippen molar-refractivity contribution in [3.05, 3.63) is 58.8 Å². The summed E-state index contributed by atoms with van der Waals surface area (Å²) in [6.07, 6.45) is 3.45. The molecule has 0 radical (unpaired) electrons. The van der Waals surface area contributed by atoms with Crippen LogP contribution in [-0.4, -0.2) is 10.7 Å². The van der Waals surface area contributed by atoms with E-state index in [4.69, 9.17) is 5.84 Å². The Bertz CT molecular complexity index is 799. The van der Waals surface area contributed by atoms with Crippen LogP contribution in [0.15, 0.2) is 58.4 Å². The van der Waals surface area contributed by atoms with Gasteiger partial charge in [-0.3, -0.25) is 0 Å². The first-order valence-electron chi connectivity index (χ1n) is 7.16. The second kappa shape index (κ2) is 6.80. The summed E-state index contributed by atoms with van der Waals surface area (Å²) < 4.78 is 5.35. The minimum Gasteiger partial charge on any atom is -0.322 e. The van der Waals surface area contributed by atoms with Gasteiger partial charge in [0, 0.05) is 34.1 Å². The minimum absolute atomic E-state index is 0.678. The zero-order valence-corrected chi connectivity index (χ0v) is 14.3. The molecule has 0 bridgehead atoms. The van der Waals surface area contributed by atoms with Gasteiger partial charge in [0.2, 0.25) is 4.60 Å². The first kappa shape index (κ1) is 15.5. The second-order valence-corrected chi connectivity index (χ2v) is 5.85. The normalized spacial score (nSPS) is 11.4. The average molecular weight is 374 g/mol. The monoisotopic (exact) mass is 373 g/mol. The Balaban J connectivity index is 1.88. The van der Waals surface area contributed by atoms with Gasteiger partial charge < -0.3 is 11.3 Å². The summed E-state index contributed by atoms with van der Waals surface area (Å²) in [5, 5.41) is 3.35. The predicted molar refractivity (Wildman–Crippen MR) is 94.4 cm³/mol. The SMILES string of the molecule is C[n+]1c(-c2ccc(CNNC=NN)cc2)c(Br)n2ccccc21. The van der Waals surface area contributed by atoms with E-state index in [1.54, 1.807) is 0 Å². The van der Waals surface area contributed by atoms with Gasteiger partial charge in [-0.15, -0.1) is 0 Å². The molecule has 0 amide bonds. The Morgan fingerprint density at radius 2 is 2.04 bits per heavy atom. The molecule has 0 fully saturated rings. The largest absolute Gasteiger partial charge is 0.322 e. The van der Waals surface area contributed by atoms with Crippen LogP contribution < -0.4 is 21.3 Å². The highest BCUT2D eigenvalue weighted by molar-refractivity contribution is 9.10.